The van der Waals surface area contributed by atoms with Gasteiger partial charge in [-0.1, -0.05) is 18.2 Å². The Morgan fingerprint density at radius 1 is 1.38 bits per heavy atom. The van der Waals surface area contributed by atoms with E-state index in [2.05, 4.69) is 15.2 Å². The third-order valence-corrected chi connectivity index (χ3v) is 4.71. The number of nitrogens with one attached hydrogen (secondary N) is 1. The molecule has 0 amide bonds. The standard InChI is InChI=1S/C13H15N5O2S/c1-10-15-13(17-16-10)8-18(2)21(19,20)9-12-6-4-3-5-11(12)7-14/h3-6H,8-9H2,1-2H3,(H,15,16,17). The van der Waals surface area contributed by atoms with Crippen LogP contribution in [-0.4, -0.2) is 35.0 Å². The van der Waals surface area contributed by atoms with Crippen LogP contribution in [0.15, 0.2) is 24.3 Å². The SMILES string of the molecule is Cc1nc(CN(C)S(=O)(=O)Cc2ccccc2C#N)n[nH]1. The first kappa shape index (κ1) is 15.2. The van der Waals surface area contributed by atoms with Crippen molar-refractivity contribution in [3.8, 4) is 6.07 Å². The minimum atomic E-state index is -3.55. The van der Waals surface area contributed by atoms with Gasteiger partial charge in [0.1, 0.15) is 5.82 Å². The molecule has 0 aliphatic heterocycles. The molecule has 0 saturated carbocycles. The first-order chi connectivity index (χ1) is 9.92. The van der Waals surface area contributed by atoms with Gasteiger partial charge in [0, 0.05) is 7.05 Å². The van der Waals surface area contributed by atoms with Crippen LogP contribution in [0, 0.1) is 18.3 Å². The van der Waals surface area contributed by atoms with E-state index in [0.717, 1.165) is 0 Å². The fraction of sp³-hybridized carbons (Fsp3) is 0.308. The zero-order valence-corrected chi connectivity index (χ0v) is 12.6. The van der Waals surface area contributed by atoms with Gasteiger partial charge in [-0.2, -0.15) is 14.7 Å². The number of nitriles is 1. The number of benzene rings is 1. The molecule has 0 radical (unpaired) electrons. The molecule has 0 fully saturated rings. The average Bonchev–Trinajstić information content (AvgIpc) is 2.84. The molecular formula is C13H15N5O2S. The van der Waals surface area contributed by atoms with Crippen molar-refractivity contribution in [2.45, 2.75) is 19.2 Å². The average molecular weight is 305 g/mol. The van der Waals surface area contributed by atoms with Crippen LogP contribution in [0.1, 0.15) is 22.8 Å². The molecule has 0 aliphatic rings. The molecule has 1 aromatic heterocycles. The van der Waals surface area contributed by atoms with Crippen LogP contribution >= 0.6 is 0 Å². The van der Waals surface area contributed by atoms with Crippen molar-refractivity contribution in [2.75, 3.05) is 7.05 Å². The van der Waals surface area contributed by atoms with Crippen LogP contribution in [0.5, 0.6) is 0 Å². The first-order valence-corrected chi connectivity index (χ1v) is 7.83. The van der Waals surface area contributed by atoms with E-state index in [9.17, 15) is 8.42 Å². The molecular weight excluding hydrogens is 290 g/mol. The van der Waals surface area contributed by atoms with Gasteiger partial charge >= 0.3 is 0 Å². The highest BCUT2D eigenvalue weighted by Gasteiger charge is 2.21. The van der Waals surface area contributed by atoms with Crippen molar-refractivity contribution in [3.05, 3.63) is 47.0 Å². The van der Waals surface area contributed by atoms with Gasteiger partial charge in [0.25, 0.3) is 0 Å². The number of H-pyrrole nitrogens is 1. The quantitative estimate of drug-likeness (QED) is 0.885. The number of hydrogen-bond donors (Lipinski definition) is 1. The van der Waals surface area contributed by atoms with Gasteiger partial charge in [-0.15, -0.1) is 0 Å². The molecule has 1 N–H and O–H groups in total. The molecule has 8 heteroatoms. The minimum absolute atomic E-state index is 0.0847. The molecule has 21 heavy (non-hydrogen) atoms. The number of sulfonamides is 1. The smallest absolute Gasteiger partial charge is 0.218 e. The maximum atomic E-state index is 12.3. The molecule has 0 unspecified atom stereocenters. The summed E-state index contributed by atoms with van der Waals surface area (Å²) >= 11 is 0. The maximum absolute atomic E-state index is 12.3. The zero-order chi connectivity index (χ0) is 15.5. The van der Waals surface area contributed by atoms with Gasteiger partial charge in [0.05, 0.1) is 23.9 Å². The third-order valence-electron chi connectivity index (χ3n) is 2.96. The number of aryl methyl sites for hydroxylation is 1. The minimum Gasteiger partial charge on any atom is -0.263 e. The van der Waals surface area contributed by atoms with E-state index in [-0.39, 0.29) is 12.3 Å². The Labute approximate surface area is 123 Å². The van der Waals surface area contributed by atoms with Crippen molar-refractivity contribution in [1.29, 1.82) is 5.26 Å². The van der Waals surface area contributed by atoms with Crippen LogP contribution in [0.2, 0.25) is 0 Å². The second-order valence-electron chi connectivity index (χ2n) is 4.62. The van der Waals surface area contributed by atoms with Crippen LogP contribution in [-0.2, 0) is 22.3 Å². The lowest BCUT2D eigenvalue weighted by Gasteiger charge is -2.15. The van der Waals surface area contributed by atoms with Gasteiger partial charge in [-0.3, -0.25) is 5.10 Å². The van der Waals surface area contributed by atoms with E-state index < -0.39 is 10.0 Å². The van der Waals surface area contributed by atoms with E-state index in [1.807, 2.05) is 6.07 Å². The fourth-order valence-corrected chi connectivity index (χ4v) is 3.00. The summed E-state index contributed by atoms with van der Waals surface area (Å²) in [6.07, 6.45) is 0. The summed E-state index contributed by atoms with van der Waals surface area (Å²) in [4.78, 5) is 4.08. The van der Waals surface area contributed by atoms with Crippen LogP contribution < -0.4 is 0 Å². The van der Waals surface area contributed by atoms with Crippen LogP contribution in [0.4, 0.5) is 0 Å². The lowest BCUT2D eigenvalue weighted by atomic mass is 10.1. The number of nitrogens with zero attached hydrogens (tertiary/aromatic N) is 4. The Morgan fingerprint density at radius 2 is 2.10 bits per heavy atom. The summed E-state index contributed by atoms with van der Waals surface area (Å²) in [5, 5.41) is 15.6. The monoisotopic (exact) mass is 305 g/mol. The third kappa shape index (κ3) is 3.65. The highest BCUT2D eigenvalue weighted by atomic mass is 32.2. The molecule has 0 atom stereocenters. The Morgan fingerprint density at radius 3 is 2.71 bits per heavy atom. The summed E-state index contributed by atoms with van der Waals surface area (Å²) in [6, 6.07) is 8.65. The van der Waals surface area contributed by atoms with Gasteiger partial charge in [-0.05, 0) is 18.6 Å². The zero-order valence-electron chi connectivity index (χ0n) is 11.7. The fourth-order valence-electron chi connectivity index (χ4n) is 1.82. The Hall–Kier alpha value is -2.24. The van der Waals surface area contributed by atoms with Crippen molar-refractivity contribution in [2.24, 2.45) is 0 Å². The van der Waals surface area contributed by atoms with E-state index in [4.69, 9.17) is 5.26 Å². The predicted octanol–water partition coefficient (Wildman–Crippen LogP) is 0.947. The van der Waals surface area contributed by atoms with Crippen molar-refractivity contribution in [1.82, 2.24) is 19.5 Å². The number of aromatic nitrogens is 3. The normalized spacial score (nSPS) is 11.5. The summed E-state index contributed by atoms with van der Waals surface area (Å²) in [7, 11) is -2.08. The van der Waals surface area contributed by atoms with Gasteiger partial charge < -0.3 is 0 Å². The topological polar surface area (TPSA) is 103 Å². The predicted molar refractivity (Wildman–Crippen MR) is 76.4 cm³/mol. The lowest BCUT2D eigenvalue weighted by molar-refractivity contribution is 0.456. The largest absolute Gasteiger partial charge is 0.263 e. The molecule has 2 rings (SSSR count). The van der Waals surface area contributed by atoms with Crippen LogP contribution in [0.3, 0.4) is 0 Å². The first-order valence-electron chi connectivity index (χ1n) is 6.22. The number of rotatable bonds is 5. The molecule has 7 nitrogen and oxygen atoms in total. The van der Waals surface area contributed by atoms with E-state index in [0.29, 0.717) is 22.8 Å². The highest BCUT2D eigenvalue weighted by molar-refractivity contribution is 7.88. The molecule has 0 aliphatic carbocycles. The summed E-state index contributed by atoms with van der Waals surface area (Å²) < 4.78 is 25.8. The number of hydrogen-bond acceptors (Lipinski definition) is 5. The molecule has 0 saturated heterocycles. The van der Waals surface area contributed by atoms with Crippen LogP contribution in [0.25, 0.3) is 0 Å². The maximum Gasteiger partial charge on any atom is 0.218 e. The van der Waals surface area contributed by atoms with E-state index in [1.165, 1.54) is 11.4 Å². The van der Waals surface area contributed by atoms with Gasteiger partial charge in [0.15, 0.2) is 5.82 Å². The molecule has 1 heterocycles. The molecule has 1 aromatic carbocycles. The van der Waals surface area contributed by atoms with E-state index in [1.54, 1.807) is 31.2 Å². The Bertz CT molecular complexity index is 776. The van der Waals surface area contributed by atoms with E-state index >= 15 is 0 Å². The summed E-state index contributed by atoms with van der Waals surface area (Å²) in [6.45, 7) is 1.83. The summed E-state index contributed by atoms with van der Waals surface area (Å²) in [5.41, 5.74) is 0.848. The van der Waals surface area contributed by atoms with Gasteiger partial charge in [0.2, 0.25) is 10.0 Å². The summed E-state index contributed by atoms with van der Waals surface area (Å²) in [5.74, 6) is 0.814. The molecule has 0 spiro atoms. The van der Waals surface area contributed by atoms with Crippen molar-refractivity contribution < 1.29 is 8.42 Å². The molecule has 0 bridgehead atoms. The molecule has 110 valence electrons. The Kier molecular flexibility index (Phi) is 4.35. The number of aromatic amines is 1. The van der Waals surface area contributed by atoms with Crippen molar-refractivity contribution in [3.63, 3.8) is 0 Å². The molecule has 2 aromatic rings. The van der Waals surface area contributed by atoms with Gasteiger partial charge in [-0.25, -0.2) is 13.4 Å². The second kappa shape index (κ2) is 6.03. The lowest BCUT2D eigenvalue weighted by Crippen LogP contribution is -2.28. The van der Waals surface area contributed by atoms with Crippen molar-refractivity contribution >= 4 is 10.0 Å². The Balaban J connectivity index is 2.16. The second-order valence-corrected chi connectivity index (χ2v) is 6.69. The highest BCUT2D eigenvalue weighted by Crippen LogP contribution is 2.15.